The summed E-state index contributed by atoms with van der Waals surface area (Å²) in [6.45, 7) is 5.42. The monoisotopic (exact) mass is 160 g/mol. The number of benzene rings is 1. The topological polar surface area (TPSA) is 38.0 Å². The zero-order valence-corrected chi connectivity index (χ0v) is 7.09. The molecule has 3 N–H and O–H groups in total. The number of anilines is 2. The van der Waals surface area contributed by atoms with Crippen LogP contribution >= 0.6 is 0 Å². The van der Waals surface area contributed by atoms with Gasteiger partial charge in [-0.05, 0) is 24.6 Å². The maximum Gasteiger partial charge on any atom is 0.0435 e. The van der Waals surface area contributed by atoms with Crippen molar-refractivity contribution in [3.05, 3.63) is 42.3 Å². The number of nitrogens with one attached hydrogen (secondary N) is 1. The number of rotatable bonds is 2. The lowest BCUT2D eigenvalue weighted by molar-refractivity contribution is 1.44. The summed E-state index contributed by atoms with van der Waals surface area (Å²) < 4.78 is 0. The Morgan fingerprint density at radius 3 is 3.00 bits per heavy atom. The molecule has 1 rings (SSSR count). The van der Waals surface area contributed by atoms with Crippen LogP contribution in [0.1, 0.15) is 5.56 Å². The number of hydrogen-bond donors (Lipinski definition) is 2. The second-order valence-electron chi connectivity index (χ2n) is 2.51. The summed E-state index contributed by atoms with van der Waals surface area (Å²) in [4.78, 5) is 0. The van der Waals surface area contributed by atoms with Gasteiger partial charge in [0, 0.05) is 17.6 Å². The third-order valence-electron chi connectivity index (χ3n) is 1.71. The molecule has 12 heavy (non-hydrogen) atoms. The molecule has 0 aromatic heterocycles. The van der Waals surface area contributed by atoms with Crippen molar-refractivity contribution in [2.24, 2.45) is 0 Å². The number of nitrogens with two attached hydrogens (primary N) is 1. The zero-order valence-electron chi connectivity index (χ0n) is 7.09. The van der Waals surface area contributed by atoms with E-state index in [1.165, 1.54) is 0 Å². The quantitative estimate of drug-likeness (QED) is 0.514. The molecule has 0 aliphatic heterocycles. The molecule has 0 spiro atoms. The Morgan fingerprint density at radius 1 is 1.58 bits per heavy atom. The van der Waals surface area contributed by atoms with Gasteiger partial charge in [0.25, 0.3) is 0 Å². The Bertz CT molecular complexity index is 323. The van der Waals surface area contributed by atoms with Crippen LogP contribution < -0.4 is 11.1 Å². The SMILES string of the molecule is C=C=CNc1cccc(N)c1C. The van der Waals surface area contributed by atoms with E-state index in [-0.39, 0.29) is 0 Å². The van der Waals surface area contributed by atoms with Crippen molar-refractivity contribution in [3.63, 3.8) is 0 Å². The van der Waals surface area contributed by atoms with Crippen molar-refractivity contribution in [2.45, 2.75) is 6.92 Å². The molecule has 0 aliphatic rings. The van der Waals surface area contributed by atoms with E-state index in [1.807, 2.05) is 25.1 Å². The zero-order chi connectivity index (χ0) is 8.97. The molecular formula is C10H12N2. The standard InChI is InChI=1S/C10H12N2/c1-3-7-12-10-6-4-5-9(11)8(10)2/h4-7,12H,1,11H2,2H3. The van der Waals surface area contributed by atoms with Gasteiger partial charge in [-0.25, -0.2) is 0 Å². The molecule has 1 aromatic carbocycles. The molecule has 0 fully saturated rings. The highest BCUT2D eigenvalue weighted by Crippen LogP contribution is 2.19. The molecule has 0 heterocycles. The fourth-order valence-electron chi connectivity index (χ4n) is 0.939. The van der Waals surface area contributed by atoms with Gasteiger partial charge in [0.2, 0.25) is 0 Å². The molecule has 0 aliphatic carbocycles. The van der Waals surface area contributed by atoms with Gasteiger partial charge in [0.05, 0.1) is 0 Å². The van der Waals surface area contributed by atoms with Gasteiger partial charge in [0.15, 0.2) is 0 Å². The Kier molecular flexibility index (Phi) is 2.57. The number of nitrogen functional groups attached to an aromatic ring is 1. The van der Waals surface area contributed by atoms with Crippen LogP contribution in [0.25, 0.3) is 0 Å². The lowest BCUT2D eigenvalue weighted by Gasteiger charge is -2.06. The molecular weight excluding hydrogens is 148 g/mol. The van der Waals surface area contributed by atoms with E-state index in [0.717, 1.165) is 16.9 Å². The molecule has 0 atom stereocenters. The van der Waals surface area contributed by atoms with Gasteiger partial charge in [-0.3, -0.25) is 0 Å². The summed E-state index contributed by atoms with van der Waals surface area (Å²) in [6.07, 6.45) is 1.65. The van der Waals surface area contributed by atoms with E-state index in [9.17, 15) is 0 Å². The molecule has 0 radical (unpaired) electrons. The minimum Gasteiger partial charge on any atom is -0.398 e. The smallest absolute Gasteiger partial charge is 0.0435 e. The largest absolute Gasteiger partial charge is 0.398 e. The molecule has 1 aromatic rings. The highest BCUT2D eigenvalue weighted by Gasteiger charge is 1.97. The van der Waals surface area contributed by atoms with Crippen molar-refractivity contribution < 1.29 is 0 Å². The van der Waals surface area contributed by atoms with E-state index < -0.39 is 0 Å². The summed E-state index contributed by atoms with van der Waals surface area (Å²) in [5.41, 5.74) is 11.2. The van der Waals surface area contributed by atoms with Crippen LogP contribution in [0.5, 0.6) is 0 Å². The van der Waals surface area contributed by atoms with E-state index in [2.05, 4.69) is 17.6 Å². The van der Waals surface area contributed by atoms with Crippen molar-refractivity contribution in [1.82, 2.24) is 0 Å². The third-order valence-corrected chi connectivity index (χ3v) is 1.71. The molecule has 62 valence electrons. The highest BCUT2D eigenvalue weighted by atomic mass is 14.8. The summed E-state index contributed by atoms with van der Waals surface area (Å²) in [6, 6.07) is 5.74. The molecule has 0 saturated heterocycles. The fraction of sp³-hybridized carbons (Fsp3) is 0.100. The van der Waals surface area contributed by atoms with Crippen molar-refractivity contribution in [3.8, 4) is 0 Å². The van der Waals surface area contributed by atoms with Gasteiger partial charge in [-0.1, -0.05) is 12.6 Å². The van der Waals surface area contributed by atoms with Crippen LogP contribution in [0, 0.1) is 6.92 Å². The fourth-order valence-corrected chi connectivity index (χ4v) is 0.939. The van der Waals surface area contributed by atoms with Crippen molar-refractivity contribution in [1.29, 1.82) is 0 Å². The van der Waals surface area contributed by atoms with E-state index in [1.54, 1.807) is 6.20 Å². The van der Waals surface area contributed by atoms with E-state index in [4.69, 9.17) is 5.73 Å². The normalized spacial score (nSPS) is 8.75. The summed E-state index contributed by atoms with van der Waals surface area (Å²) in [5, 5.41) is 3.02. The van der Waals surface area contributed by atoms with Crippen LogP contribution in [-0.2, 0) is 0 Å². The molecule has 0 unspecified atom stereocenters. The second kappa shape index (κ2) is 3.65. The van der Waals surface area contributed by atoms with Crippen LogP contribution in [0.3, 0.4) is 0 Å². The van der Waals surface area contributed by atoms with Crippen LogP contribution in [0.4, 0.5) is 11.4 Å². The maximum absolute atomic E-state index is 5.70. The van der Waals surface area contributed by atoms with E-state index in [0.29, 0.717) is 0 Å². The minimum absolute atomic E-state index is 0.789. The Labute approximate surface area is 72.4 Å². The minimum atomic E-state index is 0.789. The molecule has 2 nitrogen and oxygen atoms in total. The van der Waals surface area contributed by atoms with Crippen molar-refractivity contribution in [2.75, 3.05) is 11.1 Å². The average molecular weight is 160 g/mol. The van der Waals surface area contributed by atoms with Crippen molar-refractivity contribution >= 4 is 11.4 Å². The van der Waals surface area contributed by atoms with Crippen LogP contribution in [0.15, 0.2) is 36.7 Å². The predicted molar refractivity (Wildman–Crippen MR) is 52.9 cm³/mol. The summed E-state index contributed by atoms with van der Waals surface area (Å²) in [5.74, 6) is 0. The first-order chi connectivity index (χ1) is 5.75. The lowest BCUT2D eigenvalue weighted by atomic mass is 10.1. The first-order valence-electron chi connectivity index (χ1n) is 3.71. The Morgan fingerprint density at radius 2 is 2.33 bits per heavy atom. The van der Waals surface area contributed by atoms with Crippen LogP contribution in [-0.4, -0.2) is 0 Å². The first-order valence-corrected chi connectivity index (χ1v) is 3.71. The highest BCUT2D eigenvalue weighted by molar-refractivity contribution is 5.63. The molecule has 0 saturated carbocycles. The Balaban J connectivity index is 2.99. The van der Waals surface area contributed by atoms with E-state index >= 15 is 0 Å². The van der Waals surface area contributed by atoms with Crippen LogP contribution in [0.2, 0.25) is 0 Å². The summed E-state index contributed by atoms with van der Waals surface area (Å²) in [7, 11) is 0. The third kappa shape index (κ3) is 1.68. The maximum atomic E-state index is 5.70. The Hall–Kier alpha value is -1.66. The van der Waals surface area contributed by atoms with Gasteiger partial charge in [-0.2, -0.15) is 0 Å². The lowest BCUT2D eigenvalue weighted by Crippen LogP contribution is -1.94. The molecule has 0 bridgehead atoms. The molecule has 2 heteroatoms. The van der Waals surface area contributed by atoms with Gasteiger partial charge < -0.3 is 11.1 Å². The van der Waals surface area contributed by atoms with Gasteiger partial charge >= 0.3 is 0 Å². The average Bonchev–Trinajstić information content (AvgIpc) is 2.08. The van der Waals surface area contributed by atoms with Gasteiger partial charge in [-0.15, -0.1) is 5.73 Å². The second-order valence-corrected chi connectivity index (χ2v) is 2.51. The van der Waals surface area contributed by atoms with Gasteiger partial charge in [0.1, 0.15) is 0 Å². The number of hydrogen-bond acceptors (Lipinski definition) is 2. The first kappa shape index (κ1) is 8.44. The predicted octanol–water partition coefficient (Wildman–Crippen LogP) is 2.29. The molecule has 0 amide bonds. The summed E-state index contributed by atoms with van der Waals surface area (Å²) >= 11 is 0.